The Morgan fingerprint density at radius 3 is 2.61 bits per heavy atom. The van der Waals surface area contributed by atoms with Crippen LogP contribution in [0.25, 0.3) is 10.9 Å². The van der Waals surface area contributed by atoms with E-state index in [1.807, 2.05) is 54.6 Å². The number of aromatic amines is 1. The number of cyclic esters (lactones) is 1. The van der Waals surface area contributed by atoms with Gasteiger partial charge in [0, 0.05) is 23.5 Å². The van der Waals surface area contributed by atoms with E-state index in [9.17, 15) is 9.90 Å². The van der Waals surface area contributed by atoms with Gasteiger partial charge in [-0.3, -0.25) is 0 Å². The molecule has 0 saturated carbocycles. The third kappa shape index (κ3) is 3.55. The molecule has 2 aromatic carbocycles. The molecule has 0 aliphatic carbocycles. The molecular formula is C24H25NO3. The van der Waals surface area contributed by atoms with Crippen molar-refractivity contribution >= 4 is 16.9 Å². The Labute approximate surface area is 164 Å². The average Bonchev–Trinajstić information content (AvgIpc) is 3.25. The number of unbranched alkanes of at least 4 members (excludes halogenated alkanes) is 1. The highest BCUT2D eigenvalue weighted by Gasteiger charge is 2.39. The normalized spacial score (nSPS) is 17.9. The lowest BCUT2D eigenvalue weighted by Gasteiger charge is -2.15. The molecule has 0 amide bonds. The average molecular weight is 375 g/mol. The molecule has 2 atom stereocenters. The minimum atomic E-state index is -0.613. The molecule has 28 heavy (non-hydrogen) atoms. The summed E-state index contributed by atoms with van der Waals surface area (Å²) in [6.45, 7) is 2.13. The molecule has 0 spiro atoms. The number of para-hydroxylation sites is 1. The van der Waals surface area contributed by atoms with Crippen LogP contribution >= 0.6 is 0 Å². The molecule has 3 aromatic rings. The molecule has 2 heterocycles. The van der Waals surface area contributed by atoms with Gasteiger partial charge in [0.15, 0.2) is 6.10 Å². The lowest BCUT2D eigenvalue weighted by atomic mass is 9.89. The van der Waals surface area contributed by atoms with Crippen molar-refractivity contribution in [2.75, 3.05) is 0 Å². The van der Waals surface area contributed by atoms with Crippen LogP contribution in [0, 0.1) is 0 Å². The first-order valence-electron chi connectivity index (χ1n) is 9.93. The smallest absolute Gasteiger partial charge is 0.338 e. The number of esters is 1. The summed E-state index contributed by atoms with van der Waals surface area (Å²) in [5, 5.41) is 12.0. The van der Waals surface area contributed by atoms with Gasteiger partial charge in [-0.25, -0.2) is 4.79 Å². The zero-order valence-electron chi connectivity index (χ0n) is 16.0. The first kappa shape index (κ1) is 18.4. The highest BCUT2D eigenvalue weighted by molar-refractivity contribution is 5.94. The van der Waals surface area contributed by atoms with E-state index >= 15 is 0 Å². The Bertz CT molecular complexity index is 970. The molecule has 144 valence electrons. The largest absolute Gasteiger partial charge is 0.508 e. The molecule has 1 aliphatic rings. The zero-order valence-corrected chi connectivity index (χ0v) is 16.0. The molecule has 1 aliphatic heterocycles. The van der Waals surface area contributed by atoms with Gasteiger partial charge < -0.3 is 14.8 Å². The number of ether oxygens (including phenoxy) is 1. The van der Waals surface area contributed by atoms with Crippen molar-refractivity contribution in [3.8, 4) is 0 Å². The van der Waals surface area contributed by atoms with Crippen molar-refractivity contribution in [3.63, 3.8) is 0 Å². The maximum atomic E-state index is 12.7. The minimum Gasteiger partial charge on any atom is -0.508 e. The number of aromatic nitrogens is 1. The van der Waals surface area contributed by atoms with Crippen molar-refractivity contribution in [1.82, 2.24) is 4.98 Å². The fourth-order valence-corrected chi connectivity index (χ4v) is 3.96. The summed E-state index contributed by atoms with van der Waals surface area (Å²) in [4.78, 5) is 16.2. The second-order valence-corrected chi connectivity index (χ2v) is 7.39. The van der Waals surface area contributed by atoms with Crippen molar-refractivity contribution in [3.05, 3.63) is 83.3 Å². The summed E-state index contributed by atoms with van der Waals surface area (Å²) in [7, 11) is 0. The van der Waals surface area contributed by atoms with Crippen molar-refractivity contribution in [2.45, 2.75) is 44.6 Å². The maximum absolute atomic E-state index is 12.7. The van der Waals surface area contributed by atoms with Gasteiger partial charge in [0.1, 0.15) is 5.76 Å². The topological polar surface area (TPSA) is 62.3 Å². The van der Waals surface area contributed by atoms with Crippen molar-refractivity contribution < 1.29 is 14.6 Å². The maximum Gasteiger partial charge on any atom is 0.338 e. The monoisotopic (exact) mass is 375 g/mol. The number of H-pyrrole nitrogens is 1. The number of hydrogen-bond donors (Lipinski definition) is 2. The van der Waals surface area contributed by atoms with Crippen LogP contribution in [0.2, 0.25) is 0 Å². The van der Waals surface area contributed by atoms with Gasteiger partial charge in [-0.1, -0.05) is 68.3 Å². The molecule has 4 nitrogen and oxygen atoms in total. The molecular weight excluding hydrogens is 350 g/mol. The van der Waals surface area contributed by atoms with E-state index in [1.165, 1.54) is 0 Å². The number of carbonyl (C=O) groups is 1. The van der Waals surface area contributed by atoms with Gasteiger partial charge in [0.25, 0.3) is 0 Å². The second kappa shape index (κ2) is 7.93. The summed E-state index contributed by atoms with van der Waals surface area (Å²) >= 11 is 0. The van der Waals surface area contributed by atoms with Crippen molar-refractivity contribution in [1.29, 1.82) is 0 Å². The number of fused-ring (bicyclic) bond motifs is 1. The third-order valence-electron chi connectivity index (χ3n) is 5.44. The number of aliphatic hydroxyl groups is 1. The summed E-state index contributed by atoms with van der Waals surface area (Å²) in [6.07, 6.45) is 2.64. The minimum absolute atomic E-state index is 0.0774. The Balaban J connectivity index is 1.68. The summed E-state index contributed by atoms with van der Waals surface area (Å²) in [5.74, 6) is -0.521. The van der Waals surface area contributed by atoms with E-state index < -0.39 is 12.1 Å². The van der Waals surface area contributed by atoms with E-state index in [-0.39, 0.29) is 11.7 Å². The number of nitrogens with one attached hydrogen (secondary N) is 1. The van der Waals surface area contributed by atoms with Gasteiger partial charge in [-0.2, -0.15) is 0 Å². The molecule has 0 bridgehead atoms. The molecule has 4 heteroatoms. The first-order valence-corrected chi connectivity index (χ1v) is 9.93. The quantitative estimate of drug-likeness (QED) is 0.542. The summed E-state index contributed by atoms with van der Waals surface area (Å²) in [6, 6.07) is 19.9. The molecule has 0 fully saturated rings. The SMILES string of the molecule is CCCCC(C1=C(O)C(Cc2ccccc2)OC1=O)c1cc2ccccc2[nH]1. The number of hydrogen-bond acceptors (Lipinski definition) is 3. The Morgan fingerprint density at radius 2 is 1.86 bits per heavy atom. The Kier molecular flexibility index (Phi) is 5.20. The fraction of sp³-hybridized carbons (Fsp3) is 0.292. The predicted molar refractivity (Wildman–Crippen MR) is 110 cm³/mol. The zero-order chi connectivity index (χ0) is 19.5. The Hall–Kier alpha value is -3.01. The molecule has 0 radical (unpaired) electrons. The van der Waals surface area contributed by atoms with Gasteiger partial charge >= 0.3 is 5.97 Å². The lowest BCUT2D eigenvalue weighted by molar-refractivity contribution is -0.140. The van der Waals surface area contributed by atoms with Gasteiger partial charge in [-0.05, 0) is 29.5 Å². The predicted octanol–water partition coefficient (Wildman–Crippen LogP) is 5.42. The van der Waals surface area contributed by atoms with Crippen LogP contribution in [0.15, 0.2) is 72.0 Å². The number of carbonyl (C=O) groups excluding carboxylic acids is 1. The molecule has 1 aromatic heterocycles. The van der Waals surface area contributed by atoms with Gasteiger partial charge in [0.05, 0.1) is 5.57 Å². The summed E-state index contributed by atoms with van der Waals surface area (Å²) < 4.78 is 5.57. The standard InChI is InChI=1S/C24H25NO3/c1-2-3-12-18(20-15-17-11-7-8-13-19(17)25-20)22-23(26)21(28-24(22)27)14-16-9-5-4-6-10-16/h4-11,13,15,18,21,25-26H,2-3,12,14H2,1H3. The highest BCUT2D eigenvalue weighted by Crippen LogP contribution is 2.38. The molecule has 0 saturated heterocycles. The van der Waals surface area contributed by atoms with E-state index in [1.54, 1.807) is 0 Å². The van der Waals surface area contributed by atoms with E-state index in [2.05, 4.69) is 18.0 Å². The number of aliphatic hydroxyl groups excluding tert-OH is 1. The molecule has 4 rings (SSSR count). The van der Waals surface area contributed by atoms with Gasteiger partial charge in [0.2, 0.25) is 0 Å². The molecule has 2 unspecified atom stereocenters. The van der Waals surface area contributed by atoms with Crippen LogP contribution in [0.4, 0.5) is 0 Å². The highest BCUT2D eigenvalue weighted by atomic mass is 16.6. The second-order valence-electron chi connectivity index (χ2n) is 7.39. The first-order chi connectivity index (χ1) is 13.7. The van der Waals surface area contributed by atoms with Crippen LogP contribution < -0.4 is 0 Å². The van der Waals surface area contributed by atoms with Crippen molar-refractivity contribution in [2.24, 2.45) is 0 Å². The Morgan fingerprint density at radius 1 is 1.11 bits per heavy atom. The number of benzene rings is 2. The third-order valence-corrected chi connectivity index (χ3v) is 5.44. The molecule has 2 N–H and O–H groups in total. The van der Waals surface area contributed by atoms with Crippen LogP contribution in [-0.2, 0) is 16.0 Å². The van der Waals surface area contributed by atoms with Crippen LogP contribution in [0.1, 0.15) is 43.4 Å². The van der Waals surface area contributed by atoms with Crippen LogP contribution in [0.3, 0.4) is 0 Å². The van der Waals surface area contributed by atoms with E-state index in [0.717, 1.165) is 41.4 Å². The lowest BCUT2D eigenvalue weighted by Crippen LogP contribution is -2.14. The van der Waals surface area contributed by atoms with E-state index in [4.69, 9.17) is 4.74 Å². The fourth-order valence-electron chi connectivity index (χ4n) is 3.96. The van der Waals surface area contributed by atoms with Crippen LogP contribution in [-0.4, -0.2) is 22.2 Å². The van der Waals surface area contributed by atoms with Crippen LogP contribution in [0.5, 0.6) is 0 Å². The number of rotatable bonds is 7. The van der Waals surface area contributed by atoms with E-state index in [0.29, 0.717) is 12.0 Å². The summed E-state index contributed by atoms with van der Waals surface area (Å²) in [5.41, 5.74) is 3.42. The van der Waals surface area contributed by atoms with Gasteiger partial charge in [-0.15, -0.1) is 0 Å².